The Morgan fingerprint density at radius 1 is 0.952 bits per heavy atom. The lowest BCUT2D eigenvalue weighted by atomic mass is 9.87. The molecular weight excluding hydrogens is 595 g/mol. The zero-order valence-corrected chi connectivity index (χ0v) is 25.4. The standard InChI is InChI=1S/C29H36F3NO7S2/c1-28(2,3)40-27(34)17-39-26-13-7-10-23-24(26)11-6-12-25(23)33-18-41(35,36)21-14-19(29(30,31)32)15-22(16-21)42(37,38)20-8-4-5-9-20/h7,10,13-16,20,25,33H,4-6,8-9,11-12,17-18H2,1-3H3/t25-/m1/s1. The molecule has 0 aliphatic heterocycles. The predicted octanol–water partition coefficient (Wildman–Crippen LogP) is 5.54. The van der Waals surface area contributed by atoms with Crippen molar-refractivity contribution < 1.29 is 44.3 Å². The van der Waals surface area contributed by atoms with Gasteiger partial charge in [0.2, 0.25) is 0 Å². The van der Waals surface area contributed by atoms with Crippen molar-refractivity contribution in [2.75, 3.05) is 12.5 Å². The molecule has 0 radical (unpaired) electrons. The molecule has 0 heterocycles. The maximum Gasteiger partial charge on any atom is 0.416 e. The van der Waals surface area contributed by atoms with Crippen LogP contribution in [-0.4, -0.2) is 46.1 Å². The Labute approximate surface area is 244 Å². The average Bonchev–Trinajstić information content (AvgIpc) is 3.45. The number of hydrogen-bond acceptors (Lipinski definition) is 8. The summed E-state index contributed by atoms with van der Waals surface area (Å²) >= 11 is 0. The Morgan fingerprint density at radius 2 is 1.62 bits per heavy atom. The molecule has 42 heavy (non-hydrogen) atoms. The van der Waals surface area contributed by atoms with E-state index in [-0.39, 0.29) is 6.61 Å². The second kappa shape index (κ2) is 12.2. The van der Waals surface area contributed by atoms with E-state index in [1.54, 1.807) is 39.0 Å². The molecule has 1 fully saturated rings. The smallest absolute Gasteiger partial charge is 0.416 e. The highest BCUT2D eigenvalue weighted by Gasteiger charge is 2.37. The van der Waals surface area contributed by atoms with Crippen molar-refractivity contribution in [1.29, 1.82) is 0 Å². The van der Waals surface area contributed by atoms with Crippen LogP contribution in [0.1, 0.15) is 82.0 Å². The number of alkyl halides is 3. The van der Waals surface area contributed by atoms with Crippen LogP contribution in [0.2, 0.25) is 0 Å². The first-order chi connectivity index (χ1) is 19.5. The van der Waals surface area contributed by atoms with Gasteiger partial charge in [-0.25, -0.2) is 21.6 Å². The summed E-state index contributed by atoms with van der Waals surface area (Å²) < 4.78 is 105. The summed E-state index contributed by atoms with van der Waals surface area (Å²) in [5, 5.41) is 2.11. The molecule has 1 atom stereocenters. The Morgan fingerprint density at radius 3 is 2.26 bits per heavy atom. The molecule has 2 aromatic rings. The number of fused-ring (bicyclic) bond motifs is 1. The van der Waals surface area contributed by atoms with Crippen LogP contribution in [0, 0.1) is 0 Å². The van der Waals surface area contributed by atoms with Crippen LogP contribution >= 0.6 is 0 Å². The van der Waals surface area contributed by atoms with Crippen LogP contribution < -0.4 is 10.1 Å². The minimum atomic E-state index is -4.93. The third kappa shape index (κ3) is 7.65. The third-order valence-corrected chi connectivity index (χ3v) is 11.1. The van der Waals surface area contributed by atoms with E-state index in [0.29, 0.717) is 62.8 Å². The van der Waals surface area contributed by atoms with Gasteiger partial charge < -0.3 is 9.47 Å². The topological polar surface area (TPSA) is 116 Å². The number of benzene rings is 2. The fraction of sp³-hybridized carbons (Fsp3) is 0.552. The first-order valence-corrected chi connectivity index (χ1v) is 17.1. The fourth-order valence-electron chi connectivity index (χ4n) is 5.43. The van der Waals surface area contributed by atoms with E-state index < -0.39 is 69.9 Å². The van der Waals surface area contributed by atoms with Crippen LogP contribution in [0.5, 0.6) is 5.75 Å². The minimum absolute atomic E-state index is 0.304. The van der Waals surface area contributed by atoms with Crippen LogP contribution in [0.4, 0.5) is 13.2 Å². The van der Waals surface area contributed by atoms with Gasteiger partial charge in [-0.2, -0.15) is 13.2 Å². The summed E-state index contributed by atoms with van der Waals surface area (Å²) in [6.45, 7) is 4.93. The number of carbonyl (C=O) groups is 1. The molecule has 1 N–H and O–H groups in total. The van der Waals surface area contributed by atoms with Gasteiger partial charge in [0.05, 0.1) is 20.6 Å². The van der Waals surface area contributed by atoms with Crippen LogP contribution in [0.15, 0.2) is 46.2 Å². The molecule has 0 aromatic heterocycles. The van der Waals surface area contributed by atoms with E-state index in [1.807, 2.05) is 0 Å². The summed E-state index contributed by atoms with van der Waals surface area (Å²) in [6.07, 6.45) is -1.13. The van der Waals surface area contributed by atoms with E-state index in [1.165, 1.54) is 0 Å². The Balaban J connectivity index is 1.56. The molecule has 0 amide bonds. The van der Waals surface area contributed by atoms with Crippen LogP contribution in [0.25, 0.3) is 0 Å². The van der Waals surface area contributed by atoms with E-state index in [4.69, 9.17) is 9.47 Å². The Hall–Kier alpha value is -2.64. The molecule has 232 valence electrons. The zero-order valence-electron chi connectivity index (χ0n) is 23.8. The van der Waals surface area contributed by atoms with E-state index in [0.717, 1.165) is 17.2 Å². The fourth-order valence-corrected chi connectivity index (χ4v) is 8.63. The van der Waals surface area contributed by atoms with Gasteiger partial charge in [-0.3, -0.25) is 5.32 Å². The van der Waals surface area contributed by atoms with Crippen molar-refractivity contribution in [2.24, 2.45) is 0 Å². The number of carbonyl (C=O) groups excluding carboxylic acids is 1. The second-order valence-electron chi connectivity index (χ2n) is 11.7. The molecule has 0 saturated heterocycles. The third-order valence-electron chi connectivity index (χ3n) is 7.39. The summed E-state index contributed by atoms with van der Waals surface area (Å²) in [5.41, 5.74) is -0.439. The van der Waals surface area contributed by atoms with Crippen molar-refractivity contribution in [3.8, 4) is 5.75 Å². The quantitative estimate of drug-likeness (QED) is 0.359. The highest BCUT2D eigenvalue weighted by molar-refractivity contribution is 7.92. The largest absolute Gasteiger partial charge is 0.482 e. The molecule has 0 spiro atoms. The van der Waals surface area contributed by atoms with Crippen molar-refractivity contribution in [3.63, 3.8) is 0 Å². The van der Waals surface area contributed by atoms with Crippen LogP contribution in [0.3, 0.4) is 0 Å². The lowest BCUT2D eigenvalue weighted by molar-refractivity contribution is -0.157. The van der Waals surface area contributed by atoms with Gasteiger partial charge in [0.1, 0.15) is 17.2 Å². The van der Waals surface area contributed by atoms with Crippen LogP contribution in [-0.2, 0) is 41.8 Å². The average molecular weight is 632 g/mol. The highest BCUT2D eigenvalue weighted by Crippen LogP contribution is 2.38. The van der Waals surface area contributed by atoms with Gasteiger partial charge in [-0.05, 0) is 88.3 Å². The summed E-state index contributed by atoms with van der Waals surface area (Å²) in [6, 6.07) is 6.62. The number of sulfone groups is 2. The van der Waals surface area contributed by atoms with Gasteiger partial charge in [0, 0.05) is 6.04 Å². The van der Waals surface area contributed by atoms with Gasteiger partial charge in [-0.15, -0.1) is 0 Å². The van der Waals surface area contributed by atoms with Crippen molar-refractivity contribution in [1.82, 2.24) is 5.32 Å². The molecule has 1 saturated carbocycles. The number of esters is 1. The zero-order chi connectivity index (χ0) is 30.9. The molecule has 0 unspecified atom stereocenters. The molecular formula is C29H36F3NO7S2. The van der Waals surface area contributed by atoms with Gasteiger partial charge in [0.25, 0.3) is 0 Å². The lowest BCUT2D eigenvalue weighted by Crippen LogP contribution is -2.31. The molecule has 8 nitrogen and oxygen atoms in total. The molecule has 13 heteroatoms. The number of halogens is 3. The monoisotopic (exact) mass is 631 g/mol. The number of nitrogens with one attached hydrogen (secondary N) is 1. The second-order valence-corrected chi connectivity index (χ2v) is 16.0. The maximum atomic E-state index is 13.7. The van der Waals surface area contributed by atoms with E-state index in [9.17, 15) is 34.8 Å². The molecule has 2 aromatic carbocycles. The number of ether oxygens (including phenoxy) is 2. The maximum absolute atomic E-state index is 13.7. The lowest BCUT2D eigenvalue weighted by Gasteiger charge is -2.28. The normalized spacial score (nSPS) is 18.5. The highest BCUT2D eigenvalue weighted by atomic mass is 32.2. The Kier molecular flexibility index (Phi) is 9.34. The molecule has 0 bridgehead atoms. The van der Waals surface area contributed by atoms with Gasteiger partial charge >= 0.3 is 12.1 Å². The summed E-state index contributed by atoms with van der Waals surface area (Å²) in [4.78, 5) is 10.8. The van der Waals surface area contributed by atoms with E-state index >= 15 is 0 Å². The van der Waals surface area contributed by atoms with Gasteiger partial charge in [-0.1, -0.05) is 25.0 Å². The van der Waals surface area contributed by atoms with Crippen molar-refractivity contribution in [3.05, 3.63) is 53.1 Å². The van der Waals surface area contributed by atoms with E-state index in [2.05, 4.69) is 5.32 Å². The minimum Gasteiger partial charge on any atom is -0.482 e. The number of rotatable bonds is 9. The van der Waals surface area contributed by atoms with Crippen molar-refractivity contribution >= 4 is 25.6 Å². The number of hydrogen-bond donors (Lipinski definition) is 1. The SMILES string of the molecule is CC(C)(C)OC(=O)COc1cccc2c1CCC[C@H]2NCS(=O)(=O)c1cc(C(F)(F)F)cc(S(=O)(=O)C2CCCC2)c1. The first-order valence-electron chi connectivity index (χ1n) is 13.9. The molecule has 2 aliphatic rings. The first kappa shape index (κ1) is 32.3. The summed E-state index contributed by atoms with van der Waals surface area (Å²) in [7, 11) is -8.51. The Bertz CT molecular complexity index is 1530. The molecule has 4 rings (SSSR count). The van der Waals surface area contributed by atoms with Crippen molar-refractivity contribution in [2.45, 2.75) is 98.6 Å². The predicted molar refractivity (Wildman–Crippen MR) is 150 cm³/mol. The molecule has 2 aliphatic carbocycles. The van der Waals surface area contributed by atoms with Gasteiger partial charge in [0.15, 0.2) is 26.3 Å². The summed E-state index contributed by atoms with van der Waals surface area (Å²) in [5.74, 6) is -0.774.